The topological polar surface area (TPSA) is 72.5 Å². The molecule has 0 spiro atoms. The lowest BCUT2D eigenvalue weighted by Gasteiger charge is -2.16. The summed E-state index contributed by atoms with van der Waals surface area (Å²) in [5, 5.41) is 10.4. The normalized spacial score (nSPS) is 12.9. The van der Waals surface area contributed by atoms with Crippen molar-refractivity contribution >= 4 is 30.0 Å². The molecule has 0 radical (unpaired) electrons. The van der Waals surface area contributed by atoms with E-state index in [1.54, 1.807) is 0 Å². The van der Waals surface area contributed by atoms with Gasteiger partial charge in [-0.2, -0.15) is 0 Å². The Hall–Kier alpha value is -1.59. The minimum atomic E-state index is -1.32. The predicted octanol–water partition coefficient (Wildman–Crippen LogP) is 2.83. The fourth-order valence-electron chi connectivity index (χ4n) is 2.18. The summed E-state index contributed by atoms with van der Waals surface area (Å²) < 4.78 is 4.48. The summed E-state index contributed by atoms with van der Waals surface area (Å²) in [5.74, 6) is -0.719. The van der Waals surface area contributed by atoms with Crippen molar-refractivity contribution in [2.75, 3.05) is 7.11 Å². The first-order valence-electron chi connectivity index (χ1n) is 6.87. The summed E-state index contributed by atoms with van der Waals surface area (Å²) in [6, 6.07) is 14.6. The van der Waals surface area contributed by atoms with Gasteiger partial charge in [-0.3, -0.25) is 0 Å². The van der Waals surface area contributed by atoms with Crippen LogP contribution in [0.3, 0.4) is 0 Å². The summed E-state index contributed by atoms with van der Waals surface area (Å²) in [6.07, 6.45) is -0.941. The first-order chi connectivity index (χ1) is 10.5. The van der Waals surface area contributed by atoms with E-state index in [1.807, 2.05) is 48.5 Å². The third kappa shape index (κ3) is 5.22. The number of benzene rings is 2. The molecule has 0 heterocycles. The number of esters is 1. The summed E-state index contributed by atoms with van der Waals surface area (Å²) >= 11 is 5.98. The van der Waals surface area contributed by atoms with Gasteiger partial charge in [0.25, 0.3) is 0 Å². The van der Waals surface area contributed by atoms with Gasteiger partial charge < -0.3 is 15.6 Å². The molecule has 0 aliphatic heterocycles. The van der Waals surface area contributed by atoms with E-state index in [0.717, 1.165) is 16.7 Å². The quantitative estimate of drug-likeness (QED) is 0.808. The summed E-state index contributed by atoms with van der Waals surface area (Å²) in [6.45, 7) is 0. The second-order valence-electron chi connectivity index (χ2n) is 5.04. The maximum absolute atomic E-state index is 11.2. The van der Waals surface area contributed by atoms with Crippen LogP contribution in [-0.2, 0) is 16.0 Å². The molecular formula is C17H19Cl2NO3. The van der Waals surface area contributed by atoms with E-state index in [0.29, 0.717) is 11.4 Å². The van der Waals surface area contributed by atoms with Crippen molar-refractivity contribution in [3.63, 3.8) is 0 Å². The van der Waals surface area contributed by atoms with E-state index in [9.17, 15) is 9.90 Å². The molecule has 4 nitrogen and oxygen atoms in total. The van der Waals surface area contributed by atoms with Crippen LogP contribution in [-0.4, -0.2) is 30.3 Å². The van der Waals surface area contributed by atoms with Gasteiger partial charge in [0.15, 0.2) is 6.10 Å². The Labute approximate surface area is 146 Å². The Morgan fingerprint density at radius 2 is 1.87 bits per heavy atom. The van der Waals surface area contributed by atoms with Crippen molar-refractivity contribution in [2.24, 2.45) is 5.73 Å². The molecule has 2 unspecified atom stereocenters. The number of aliphatic hydroxyl groups is 1. The largest absolute Gasteiger partial charge is 0.467 e. The molecule has 2 atom stereocenters. The number of methoxy groups -OCH3 is 1. The van der Waals surface area contributed by atoms with Crippen LogP contribution in [0.25, 0.3) is 11.1 Å². The average Bonchev–Trinajstić information content (AvgIpc) is 2.54. The lowest BCUT2D eigenvalue weighted by atomic mass is 9.99. The molecule has 0 aliphatic rings. The predicted molar refractivity (Wildman–Crippen MR) is 93.8 cm³/mol. The van der Waals surface area contributed by atoms with Gasteiger partial charge in [-0.05, 0) is 35.2 Å². The Morgan fingerprint density at radius 3 is 2.43 bits per heavy atom. The van der Waals surface area contributed by atoms with Crippen molar-refractivity contribution in [2.45, 2.75) is 18.6 Å². The number of rotatable bonds is 5. The Morgan fingerprint density at radius 1 is 1.22 bits per heavy atom. The third-order valence-electron chi connectivity index (χ3n) is 3.43. The molecule has 124 valence electrons. The van der Waals surface area contributed by atoms with Gasteiger partial charge in [-0.15, -0.1) is 12.4 Å². The maximum Gasteiger partial charge on any atom is 0.336 e. The van der Waals surface area contributed by atoms with Crippen LogP contribution in [0, 0.1) is 0 Å². The first kappa shape index (κ1) is 19.5. The van der Waals surface area contributed by atoms with E-state index in [2.05, 4.69) is 4.74 Å². The minimum Gasteiger partial charge on any atom is -0.467 e. The van der Waals surface area contributed by atoms with E-state index >= 15 is 0 Å². The molecule has 0 aliphatic carbocycles. The molecule has 2 rings (SSSR count). The van der Waals surface area contributed by atoms with Crippen LogP contribution in [0.5, 0.6) is 0 Å². The minimum absolute atomic E-state index is 0. The molecular weight excluding hydrogens is 337 g/mol. The monoisotopic (exact) mass is 355 g/mol. The Bertz CT molecular complexity index is 647. The number of carbonyl (C=O) groups excluding carboxylic acids is 1. The molecule has 6 heteroatoms. The van der Waals surface area contributed by atoms with Gasteiger partial charge in [0, 0.05) is 11.1 Å². The van der Waals surface area contributed by atoms with Crippen molar-refractivity contribution in [3.8, 4) is 11.1 Å². The van der Waals surface area contributed by atoms with Crippen LogP contribution in [0.4, 0.5) is 0 Å². The van der Waals surface area contributed by atoms with Crippen LogP contribution in [0.1, 0.15) is 5.56 Å². The van der Waals surface area contributed by atoms with E-state index < -0.39 is 18.1 Å². The highest BCUT2D eigenvalue weighted by Crippen LogP contribution is 2.23. The maximum atomic E-state index is 11.2. The third-order valence-corrected chi connectivity index (χ3v) is 3.67. The highest BCUT2D eigenvalue weighted by molar-refractivity contribution is 6.30. The van der Waals surface area contributed by atoms with Crippen LogP contribution >= 0.6 is 24.0 Å². The van der Waals surface area contributed by atoms with Gasteiger partial charge >= 0.3 is 5.97 Å². The standard InChI is InChI=1S/C17H18ClNO3.ClH/c1-22-17(21)16(20)15(19)9-11-5-7-12(8-6-11)13-3-2-4-14(18)10-13;/h2-8,10,15-16,20H,9,19H2,1H3;1H. The molecule has 0 aromatic heterocycles. The SMILES string of the molecule is COC(=O)C(O)C(N)Cc1ccc(-c2cccc(Cl)c2)cc1.Cl. The molecule has 0 saturated heterocycles. The summed E-state index contributed by atoms with van der Waals surface area (Å²) in [5.41, 5.74) is 8.82. The molecule has 2 aromatic rings. The number of hydrogen-bond acceptors (Lipinski definition) is 4. The number of halogens is 2. The lowest BCUT2D eigenvalue weighted by Crippen LogP contribution is -2.42. The van der Waals surface area contributed by atoms with Crippen molar-refractivity contribution in [3.05, 3.63) is 59.1 Å². The van der Waals surface area contributed by atoms with E-state index in [1.165, 1.54) is 7.11 Å². The molecule has 0 saturated carbocycles. The highest BCUT2D eigenvalue weighted by Gasteiger charge is 2.23. The highest BCUT2D eigenvalue weighted by atomic mass is 35.5. The summed E-state index contributed by atoms with van der Waals surface area (Å²) in [7, 11) is 1.22. The zero-order valence-electron chi connectivity index (χ0n) is 12.6. The molecule has 0 bridgehead atoms. The van der Waals surface area contributed by atoms with Crippen molar-refractivity contribution < 1.29 is 14.6 Å². The number of carbonyl (C=O) groups is 1. The number of nitrogens with two attached hydrogens (primary N) is 1. The second-order valence-corrected chi connectivity index (χ2v) is 5.48. The zero-order valence-corrected chi connectivity index (χ0v) is 14.2. The van der Waals surface area contributed by atoms with Crippen molar-refractivity contribution in [1.29, 1.82) is 0 Å². The molecule has 2 aromatic carbocycles. The Kier molecular flexibility index (Phi) is 7.52. The van der Waals surface area contributed by atoms with E-state index in [-0.39, 0.29) is 12.4 Å². The molecule has 3 N–H and O–H groups in total. The van der Waals surface area contributed by atoms with Gasteiger partial charge in [0.05, 0.1) is 7.11 Å². The number of aliphatic hydroxyl groups excluding tert-OH is 1. The van der Waals surface area contributed by atoms with E-state index in [4.69, 9.17) is 17.3 Å². The second kappa shape index (κ2) is 8.89. The molecule has 0 amide bonds. The average molecular weight is 356 g/mol. The molecule has 23 heavy (non-hydrogen) atoms. The summed E-state index contributed by atoms with van der Waals surface area (Å²) in [4.78, 5) is 11.2. The lowest BCUT2D eigenvalue weighted by molar-refractivity contribution is -0.151. The van der Waals surface area contributed by atoms with Crippen molar-refractivity contribution in [1.82, 2.24) is 0 Å². The smallest absolute Gasteiger partial charge is 0.336 e. The van der Waals surface area contributed by atoms with Crippen LogP contribution in [0.2, 0.25) is 5.02 Å². The number of ether oxygens (including phenoxy) is 1. The van der Waals surface area contributed by atoms with Crippen LogP contribution < -0.4 is 5.73 Å². The fourth-order valence-corrected chi connectivity index (χ4v) is 2.37. The van der Waals surface area contributed by atoms with Gasteiger partial charge in [-0.25, -0.2) is 4.79 Å². The first-order valence-corrected chi connectivity index (χ1v) is 7.25. The zero-order chi connectivity index (χ0) is 16.1. The molecule has 0 fully saturated rings. The number of hydrogen-bond donors (Lipinski definition) is 2. The fraction of sp³-hybridized carbons (Fsp3) is 0.235. The Balaban J connectivity index is 0.00000264. The van der Waals surface area contributed by atoms with Gasteiger partial charge in [-0.1, -0.05) is 48.0 Å². The van der Waals surface area contributed by atoms with Gasteiger partial charge in [0.2, 0.25) is 0 Å². The van der Waals surface area contributed by atoms with Crippen LogP contribution in [0.15, 0.2) is 48.5 Å². The van der Waals surface area contributed by atoms with Gasteiger partial charge in [0.1, 0.15) is 0 Å².